The van der Waals surface area contributed by atoms with E-state index in [1.807, 2.05) is 0 Å². The van der Waals surface area contributed by atoms with Crippen molar-refractivity contribution in [3.8, 4) is 0 Å². The summed E-state index contributed by atoms with van der Waals surface area (Å²) in [6.07, 6.45) is -4.71. The molecule has 0 amide bonds. The van der Waals surface area contributed by atoms with Gasteiger partial charge in [-0.2, -0.15) is 0 Å². The zero-order valence-corrected chi connectivity index (χ0v) is 15.2. The van der Waals surface area contributed by atoms with E-state index in [2.05, 4.69) is 0 Å². The van der Waals surface area contributed by atoms with E-state index < -0.39 is 40.7 Å². The number of carbonyl (C=O) groups is 2. The van der Waals surface area contributed by atoms with E-state index in [4.69, 9.17) is 9.47 Å². The third-order valence-corrected chi connectivity index (χ3v) is 3.80. The maximum atomic E-state index is 11.9. The Hall–Kier alpha value is -3.82. The summed E-state index contributed by atoms with van der Waals surface area (Å²) < 4.78 is 9.48. The fraction of sp³-hybridized carbons (Fsp3) is 0.263. The zero-order chi connectivity index (χ0) is 21.2. The van der Waals surface area contributed by atoms with Crippen LogP contribution in [0.25, 0.3) is 0 Å². The highest BCUT2D eigenvalue weighted by molar-refractivity contribution is 5.91. The average Bonchev–Trinajstić information content (AvgIpc) is 2.68. The molecule has 0 spiro atoms. The molecule has 0 fully saturated rings. The molecule has 10 heteroatoms. The molecule has 10 nitrogen and oxygen atoms in total. The van der Waals surface area contributed by atoms with Crippen LogP contribution in [0.5, 0.6) is 0 Å². The predicted molar refractivity (Wildman–Crippen MR) is 98.7 cm³/mol. The van der Waals surface area contributed by atoms with Crippen molar-refractivity contribution in [3.63, 3.8) is 0 Å². The first kappa shape index (κ1) is 21.5. The number of hydrogen-bond donors (Lipinski definition) is 0. The Morgan fingerprint density at radius 3 is 1.38 bits per heavy atom. The van der Waals surface area contributed by atoms with E-state index in [1.54, 1.807) is 60.7 Å². The highest BCUT2D eigenvalue weighted by Gasteiger charge is 2.30. The molecular formula is C19H18N2O8. The van der Waals surface area contributed by atoms with Crippen LogP contribution in [-0.2, 0) is 31.9 Å². The van der Waals surface area contributed by atoms with Crippen LogP contribution < -0.4 is 0 Å². The highest BCUT2D eigenvalue weighted by Crippen LogP contribution is 2.10. The smallest absolute Gasteiger partial charge is 0.359 e. The van der Waals surface area contributed by atoms with E-state index in [0.29, 0.717) is 11.1 Å². The van der Waals surface area contributed by atoms with Crippen LogP contribution in [0.1, 0.15) is 17.5 Å². The molecule has 0 saturated carbocycles. The Bertz CT molecular complexity index is 786. The molecule has 0 radical (unpaired) electrons. The normalized spacial score (nSPS) is 12.4. The van der Waals surface area contributed by atoms with Crippen molar-refractivity contribution in [2.75, 3.05) is 0 Å². The van der Waals surface area contributed by atoms with E-state index in [0.717, 1.165) is 0 Å². The monoisotopic (exact) mass is 402 g/mol. The molecule has 0 aliphatic heterocycles. The molecule has 152 valence electrons. The van der Waals surface area contributed by atoms with Crippen molar-refractivity contribution < 1.29 is 28.9 Å². The highest BCUT2D eigenvalue weighted by atomic mass is 16.7. The molecule has 29 heavy (non-hydrogen) atoms. The van der Waals surface area contributed by atoms with E-state index in [9.17, 15) is 29.8 Å². The summed E-state index contributed by atoms with van der Waals surface area (Å²) in [5.74, 6) is -2.40. The molecule has 0 heterocycles. The SMILES string of the molecule is O=C(CC(=O)O[C@H](Cc1ccccc1)[N+](=O)[O-])O[C@H](Cc1ccccc1)[N+](=O)[O-]. The lowest BCUT2D eigenvalue weighted by Crippen LogP contribution is -2.32. The number of esters is 2. The minimum Gasteiger partial charge on any atom is -0.397 e. The lowest BCUT2D eigenvalue weighted by Gasteiger charge is -2.12. The van der Waals surface area contributed by atoms with Crippen LogP contribution in [0.2, 0.25) is 0 Å². The maximum absolute atomic E-state index is 11.9. The van der Waals surface area contributed by atoms with E-state index in [-0.39, 0.29) is 12.8 Å². The van der Waals surface area contributed by atoms with Gasteiger partial charge in [-0.25, -0.2) is 0 Å². The fourth-order valence-corrected chi connectivity index (χ4v) is 2.45. The zero-order valence-electron chi connectivity index (χ0n) is 15.2. The van der Waals surface area contributed by atoms with Crippen LogP contribution in [0, 0.1) is 20.2 Å². The molecule has 2 aromatic carbocycles. The predicted octanol–water partition coefficient (Wildman–Crippen LogP) is 2.15. The Labute approximate surface area is 165 Å². The van der Waals surface area contributed by atoms with Gasteiger partial charge in [-0.3, -0.25) is 29.8 Å². The largest absolute Gasteiger partial charge is 0.397 e. The lowest BCUT2D eigenvalue weighted by molar-refractivity contribution is -0.568. The van der Waals surface area contributed by atoms with Gasteiger partial charge in [0.1, 0.15) is 6.42 Å². The van der Waals surface area contributed by atoms with Crippen LogP contribution >= 0.6 is 0 Å². The second kappa shape index (κ2) is 10.5. The van der Waals surface area contributed by atoms with E-state index in [1.165, 1.54) is 0 Å². The molecule has 0 aliphatic rings. The molecule has 0 unspecified atom stereocenters. The molecule has 2 rings (SSSR count). The summed E-state index contributed by atoms with van der Waals surface area (Å²) in [6.45, 7) is 0. The molecule has 0 bridgehead atoms. The van der Waals surface area contributed by atoms with Crippen LogP contribution in [0.4, 0.5) is 0 Å². The number of nitro groups is 2. The van der Waals surface area contributed by atoms with Gasteiger partial charge in [-0.05, 0) is 11.1 Å². The Morgan fingerprint density at radius 1 is 0.724 bits per heavy atom. The standard InChI is InChI=1S/C19H18N2O8/c22-18(28-16(20(24)25)11-14-7-3-1-4-8-14)13-19(23)29-17(21(26)27)12-15-9-5-2-6-10-15/h1-10,16-17H,11-13H2/t16-,17-/m1/s1. The number of ether oxygens (including phenoxy) is 2. The molecule has 2 atom stereocenters. The number of benzene rings is 2. The van der Waals surface area contributed by atoms with Crippen molar-refractivity contribution in [1.29, 1.82) is 0 Å². The van der Waals surface area contributed by atoms with Gasteiger partial charge in [0, 0.05) is 0 Å². The fourth-order valence-electron chi connectivity index (χ4n) is 2.45. The molecule has 0 aliphatic carbocycles. The number of hydrogen-bond acceptors (Lipinski definition) is 8. The van der Waals surface area contributed by atoms with Gasteiger partial charge in [0.05, 0.1) is 22.7 Å². The maximum Gasteiger partial charge on any atom is 0.359 e. The van der Waals surface area contributed by atoms with E-state index >= 15 is 0 Å². The first-order valence-electron chi connectivity index (χ1n) is 8.59. The molecule has 0 N–H and O–H groups in total. The van der Waals surface area contributed by atoms with Gasteiger partial charge in [-0.1, -0.05) is 60.7 Å². The quantitative estimate of drug-likeness (QED) is 0.194. The summed E-state index contributed by atoms with van der Waals surface area (Å²) in [7, 11) is 0. The van der Waals surface area contributed by atoms with Crippen molar-refractivity contribution in [3.05, 3.63) is 92.0 Å². The van der Waals surface area contributed by atoms with Crippen LogP contribution in [-0.4, -0.2) is 34.2 Å². The first-order valence-corrected chi connectivity index (χ1v) is 8.59. The van der Waals surface area contributed by atoms with Crippen molar-refractivity contribution in [2.24, 2.45) is 0 Å². The molecule has 0 saturated heterocycles. The van der Waals surface area contributed by atoms with Crippen LogP contribution in [0.3, 0.4) is 0 Å². The topological polar surface area (TPSA) is 139 Å². The number of rotatable bonds is 10. The Morgan fingerprint density at radius 2 is 1.07 bits per heavy atom. The second-order valence-corrected chi connectivity index (χ2v) is 6.02. The van der Waals surface area contributed by atoms with Gasteiger partial charge in [0.2, 0.25) is 0 Å². The van der Waals surface area contributed by atoms with Gasteiger partial charge in [0.15, 0.2) is 0 Å². The first-order chi connectivity index (χ1) is 13.8. The summed E-state index contributed by atoms with van der Waals surface area (Å²) in [4.78, 5) is 44.4. The number of nitrogens with zero attached hydrogens (tertiary/aromatic N) is 2. The van der Waals surface area contributed by atoms with Gasteiger partial charge >= 0.3 is 24.4 Å². The van der Waals surface area contributed by atoms with Gasteiger partial charge < -0.3 is 9.47 Å². The molecular weight excluding hydrogens is 384 g/mol. The minimum atomic E-state index is -1.69. The van der Waals surface area contributed by atoms with Crippen LogP contribution in [0.15, 0.2) is 60.7 Å². The van der Waals surface area contributed by atoms with Gasteiger partial charge in [0.25, 0.3) is 0 Å². The van der Waals surface area contributed by atoms with Crippen molar-refractivity contribution in [1.82, 2.24) is 0 Å². The Balaban J connectivity index is 1.91. The molecule has 0 aromatic heterocycles. The summed E-state index contributed by atoms with van der Waals surface area (Å²) in [5, 5.41) is 22.2. The Kier molecular flexibility index (Phi) is 7.78. The average molecular weight is 402 g/mol. The summed E-state index contributed by atoms with van der Waals surface area (Å²) in [5.41, 5.74) is 1.14. The second-order valence-electron chi connectivity index (χ2n) is 6.02. The third kappa shape index (κ3) is 7.37. The van der Waals surface area contributed by atoms with Crippen molar-refractivity contribution in [2.45, 2.75) is 31.7 Å². The lowest BCUT2D eigenvalue weighted by atomic mass is 10.1. The third-order valence-electron chi connectivity index (χ3n) is 3.80. The summed E-state index contributed by atoms with van der Waals surface area (Å²) >= 11 is 0. The molecule has 2 aromatic rings. The van der Waals surface area contributed by atoms with Crippen molar-refractivity contribution >= 4 is 11.9 Å². The number of carbonyl (C=O) groups excluding carboxylic acids is 2. The van der Waals surface area contributed by atoms with Gasteiger partial charge in [-0.15, -0.1) is 0 Å². The summed E-state index contributed by atoms with van der Waals surface area (Å²) in [6, 6.07) is 16.7. The minimum absolute atomic E-state index is 0.180.